The molecule has 0 aliphatic carbocycles. The number of benzene rings is 1. The average molecular weight is 278 g/mol. The van der Waals surface area contributed by atoms with Crippen LogP contribution in [0.3, 0.4) is 0 Å². The van der Waals surface area contributed by atoms with Gasteiger partial charge in [-0.3, -0.25) is 4.79 Å². The van der Waals surface area contributed by atoms with E-state index < -0.39 is 0 Å². The summed E-state index contributed by atoms with van der Waals surface area (Å²) >= 11 is 0. The summed E-state index contributed by atoms with van der Waals surface area (Å²) in [6.07, 6.45) is 1.94. The van der Waals surface area contributed by atoms with E-state index in [-0.39, 0.29) is 11.3 Å². The molecule has 0 radical (unpaired) electrons. The van der Waals surface area contributed by atoms with Gasteiger partial charge in [-0.15, -0.1) is 0 Å². The first-order chi connectivity index (χ1) is 9.34. The van der Waals surface area contributed by atoms with Gasteiger partial charge in [-0.05, 0) is 42.0 Å². The van der Waals surface area contributed by atoms with Crippen molar-refractivity contribution in [1.82, 2.24) is 5.32 Å². The lowest BCUT2D eigenvalue weighted by Gasteiger charge is -2.21. The van der Waals surface area contributed by atoms with E-state index in [1.807, 2.05) is 12.1 Å². The number of hydrogen-bond acceptors (Lipinski definition) is 3. The van der Waals surface area contributed by atoms with Gasteiger partial charge in [-0.25, -0.2) is 0 Å². The van der Waals surface area contributed by atoms with Crippen LogP contribution in [0.15, 0.2) is 18.2 Å². The van der Waals surface area contributed by atoms with Crippen LogP contribution in [0.1, 0.15) is 44.7 Å². The van der Waals surface area contributed by atoms with E-state index in [2.05, 4.69) is 26.1 Å². The van der Waals surface area contributed by atoms with Crippen molar-refractivity contribution in [2.24, 2.45) is 5.73 Å². The van der Waals surface area contributed by atoms with Gasteiger partial charge in [0.2, 0.25) is 5.91 Å². The molecule has 0 unspecified atom stereocenters. The summed E-state index contributed by atoms with van der Waals surface area (Å²) in [7, 11) is 0. The second-order valence-corrected chi connectivity index (χ2v) is 6.09. The third-order valence-electron chi connectivity index (χ3n) is 3.21. The summed E-state index contributed by atoms with van der Waals surface area (Å²) in [5.41, 5.74) is 7.25. The van der Waals surface area contributed by atoms with Crippen LogP contribution in [0.5, 0.6) is 5.75 Å². The number of amides is 1. The summed E-state index contributed by atoms with van der Waals surface area (Å²) in [4.78, 5) is 11.6. The van der Waals surface area contributed by atoms with E-state index in [1.165, 1.54) is 0 Å². The molecule has 0 saturated heterocycles. The Morgan fingerprint density at radius 1 is 1.35 bits per heavy atom. The highest BCUT2D eigenvalue weighted by molar-refractivity contribution is 5.76. The second-order valence-electron chi connectivity index (χ2n) is 6.09. The van der Waals surface area contributed by atoms with E-state index in [0.717, 1.165) is 17.5 Å². The number of carbonyl (C=O) groups excluding carboxylic acids is 1. The molecule has 4 N–H and O–H groups in total. The Morgan fingerprint density at radius 3 is 2.65 bits per heavy atom. The van der Waals surface area contributed by atoms with Gasteiger partial charge in [0.1, 0.15) is 5.75 Å². The molecule has 0 heterocycles. The van der Waals surface area contributed by atoms with Crippen molar-refractivity contribution in [3.8, 4) is 5.75 Å². The van der Waals surface area contributed by atoms with Gasteiger partial charge >= 0.3 is 0 Å². The van der Waals surface area contributed by atoms with E-state index in [1.54, 1.807) is 6.07 Å². The molecule has 112 valence electrons. The van der Waals surface area contributed by atoms with Gasteiger partial charge < -0.3 is 16.2 Å². The first-order valence-electron chi connectivity index (χ1n) is 7.13. The summed E-state index contributed by atoms with van der Waals surface area (Å²) in [6.45, 7) is 7.41. The number of phenols is 1. The maximum absolute atomic E-state index is 11.6. The largest absolute Gasteiger partial charge is 0.508 e. The third kappa shape index (κ3) is 5.21. The van der Waals surface area contributed by atoms with E-state index >= 15 is 0 Å². The zero-order chi connectivity index (χ0) is 15.2. The van der Waals surface area contributed by atoms with Gasteiger partial charge in [-0.2, -0.15) is 0 Å². The molecule has 0 spiro atoms. The fourth-order valence-electron chi connectivity index (χ4n) is 2.02. The zero-order valence-electron chi connectivity index (χ0n) is 12.7. The predicted molar refractivity (Wildman–Crippen MR) is 81.8 cm³/mol. The number of hydrogen-bond donors (Lipinski definition) is 3. The van der Waals surface area contributed by atoms with Crippen LogP contribution in [0.2, 0.25) is 0 Å². The molecule has 20 heavy (non-hydrogen) atoms. The highest BCUT2D eigenvalue weighted by Crippen LogP contribution is 2.31. The van der Waals surface area contributed by atoms with Crippen molar-refractivity contribution in [2.75, 3.05) is 13.1 Å². The Kier molecular flexibility index (Phi) is 6.02. The number of nitrogens with one attached hydrogen (secondary N) is 1. The van der Waals surface area contributed by atoms with Crippen molar-refractivity contribution in [3.05, 3.63) is 29.3 Å². The Morgan fingerprint density at radius 2 is 2.05 bits per heavy atom. The first-order valence-corrected chi connectivity index (χ1v) is 7.13. The monoisotopic (exact) mass is 278 g/mol. The molecule has 0 fully saturated rings. The van der Waals surface area contributed by atoms with E-state index in [0.29, 0.717) is 31.7 Å². The number of nitrogens with two attached hydrogens (primary N) is 1. The molecule has 1 rings (SSSR count). The topological polar surface area (TPSA) is 75.4 Å². The summed E-state index contributed by atoms with van der Waals surface area (Å²) in [5.74, 6) is 0.359. The maximum atomic E-state index is 11.6. The first kappa shape index (κ1) is 16.5. The summed E-state index contributed by atoms with van der Waals surface area (Å²) in [5, 5.41) is 12.7. The van der Waals surface area contributed by atoms with Crippen molar-refractivity contribution in [1.29, 1.82) is 0 Å². The van der Waals surface area contributed by atoms with Crippen molar-refractivity contribution in [2.45, 2.75) is 45.4 Å². The van der Waals surface area contributed by atoms with E-state index in [9.17, 15) is 9.90 Å². The molecule has 4 heteroatoms. The van der Waals surface area contributed by atoms with Crippen LogP contribution >= 0.6 is 0 Å². The molecular formula is C16H26N2O2. The lowest BCUT2D eigenvalue weighted by Crippen LogP contribution is -2.26. The molecule has 1 amide bonds. The van der Waals surface area contributed by atoms with Crippen LogP contribution < -0.4 is 11.1 Å². The molecule has 4 nitrogen and oxygen atoms in total. The van der Waals surface area contributed by atoms with Gasteiger partial charge in [-0.1, -0.05) is 32.9 Å². The van der Waals surface area contributed by atoms with Crippen LogP contribution in [0, 0.1) is 0 Å². The van der Waals surface area contributed by atoms with Crippen LogP contribution in [0.4, 0.5) is 0 Å². The maximum Gasteiger partial charge on any atom is 0.220 e. The Hall–Kier alpha value is -1.55. The van der Waals surface area contributed by atoms with Crippen LogP contribution in [0.25, 0.3) is 0 Å². The highest BCUT2D eigenvalue weighted by Gasteiger charge is 2.18. The summed E-state index contributed by atoms with van der Waals surface area (Å²) in [6, 6.07) is 5.57. The van der Waals surface area contributed by atoms with Crippen molar-refractivity contribution in [3.63, 3.8) is 0 Å². The molecule has 0 atom stereocenters. The molecule has 0 aromatic heterocycles. The molecule has 1 aromatic rings. The zero-order valence-corrected chi connectivity index (χ0v) is 12.7. The Bertz CT molecular complexity index is 450. The standard InChI is InChI=1S/C16H26N2O2/c1-16(2,3)13-11-12(5-7-14(13)19)6-8-15(20)18-10-4-9-17/h5,7,11,19H,4,6,8-10,17H2,1-3H3,(H,18,20). The molecule has 0 aliphatic heterocycles. The Labute approximate surface area is 121 Å². The lowest BCUT2D eigenvalue weighted by molar-refractivity contribution is -0.121. The summed E-state index contributed by atoms with van der Waals surface area (Å²) < 4.78 is 0. The van der Waals surface area contributed by atoms with Gasteiger partial charge in [0.05, 0.1) is 0 Å². The molecule has 0 saturated carbocycles. The van der Waals surface area contributed by atoms with Crippen LogP contribution in [-0.2, 0) is 16.6 Å². The fourth-order valence-corrected chi connectivity index (χ4v) is 2.02. The lowest BCUT2D eigenvalue weighted by atomic mass is 9.85. The van der Waals surface area contributed by atoms with Gasteiger partial charge in [0, 0.05) is 13.0 Å². The van der Waals surface area contributed by atoms with Crippen molar-refractivity contribution < 1.29 is 9.90 Å². The number of rotatable bonds is 6. The normalized spacial score (nSPS) is 11.4. The minimum Gasteiger partial charge on any atom is -0.508 e. The van der Waals surface area contributed by atoms with Crippen LogP contribution in [-0.4, -0.2) is 24.1 Å². The quantitative estimate of drug-likeness (QED) is 0.697. The van der Waals surface area contributed by atoms with Gasteiger partial charge in [0.15, 0.2) is 0 Å². The fraction of sp³-hybridized carbons (Fsp3) is 0.562. The molecule has 1 aromatic carbocycles. The number of phenolic OH excluding ortho intramolecular Hbond substituents is 1. The number of aryl methyl sites for hydroxylation is 1. The van der Waals surface area contributed by atoms with E-state index in [4.69, 9.17) is 5.73 Å². The third-order valence-corrected chi connectivity index (χ3v) is 3.21. The highest BCUT2D eigenvalue weighted by atomic mass is 16.3. The van der Waals surface area contributed by atoms with Gasteiger partial charge in [0.25, 0.3) is 0 Å². The predicted octanol–water partition coefficient (Wildman–Crippen LogP) is 2.09. The minimum absolute atomic E-state index is 0.0452. The Balaban J connectivity index is 2.59. The smallest absolute Gasteiger partial charge is 0.220 e. The van der Waals surface area contributed by atoms with Crippen molar-refractivity contribution >= 4 is 5.91 Å². The minimum atomic E-state index is -0.108. The number of aromatic hydroxyl groups is 1. The molecule has 0 aliphatic rings. The molecular weight excluding hydrogens is 252 g/mol. The SMILES string of the molecule is CC(C)(C)c1cc(CCC(=O)NCCCN)ccc1O. The average Bonchev–Trinajstić information content (AvgIpc) is 2.36. The molecule has 0 bridgehead atoms. The number of carbonyl (C=O) groups is 1. The second kappa shape index (κ2) is 7.29.